The van der Waals surface area contributed by atoms with Crippen LogP contribution < -0.4 is 16.8 Å². The maximum atomic E-state index is 11.4. The summed E-state index contributed by atoms with van der Waals surface area (Å²) in [4.78, 5) is 32.7. The second kappa shape index (κ2) is 7.58. The van der Waals surface area contributed by atoms with Crippen molar-refractivity contribution in [3.8, 4) is 0 Å². The second-order valence-electron chi connectivity index (χ2n) is 3.43. The molecule has 0 fully saturated rings. The van der Waals surface area contributed by atoms with E-state index in [2.05, 4.69) is 5.32 Å². The van der Waals surface area contributed by atoms with Crippen LogP contribution in [-0.2, 0) is 19.1 Å². The molecule has 0 heterocycles. The highest BCUT2D eigenvalue weighted by Gasteiger charge is 2.23. The number of nitrogens with one attached hydrogen (secondary N) is 1. The number of hydrogen-bond acceptors (Lipinski definition) is 5. The van der Waals surface area contributed by atoms with E-state index >= 15 is 0 Å². The average Bonchev–Trinajstić information content (AvgIpc) is 2.24. The van der Waals surface area contributed by atoms with Crippen molar-refractivity contribution in [3.05, 3.63) is 0 Å². The van der Waals surface area contributed by atoms with Gasteiger partial charge in [0.25, 0.3) is 0 Å². The van der Waals surface area contributed by atoms with Gasteiger partial charge in [-0.25, -0.2) is 4.79 Å². The summed E-state index contributed by atoms with van der Waals surface area (Å²) in [5.41, 5.74) is 10.2. The third-order valence-electron chi connectivity index (χ3n) is 2.05. The maximum Gasteiger partial charge on any atom is 0.326 e. The minimum atomic E-state index is -1.32. The molecule has 0 saturated carbocycles. The van der Waals surface area contributed by atoms with Gasteiger partial charge < -0.3 is 26.6 Å². The third-order valence-corrected chi connectivity index (χ3v) is 2.05. The Labute approximate surface area is 98.3 Å². The molecule has 0 rings (SSSR count). The van der Waals surface area contributed by atoms with Crippen LogP contribution in [0.1, 0.15) is 12.8 Å². The predicted molar refractivity (Wildman–Crippen MR) is 57.8 cm³/mol. The lowest BCUT2D eigenvalue weighted by molar-refractivity contribution is -0.143. The molecule has 2 unspecified atom stereocenters. The fraction of sp³-hybridized carbons (Fsp3) is 0.667. The summed E-state index contributed by atoms with van der Waals surface area (Å²) in [5.74, 6) is -2.69. The largest absolute Gasteiger partial charge is 0.480 e. The molecule has 98 valence electrons. The topological polar surface area (TPSA) is 145 Å². The van der Waals surface area contributed by atoms with Crippen LogP contribution in [0, 0.1) is 0 Å². The summed E-state index contributed by atoms with van der Waals surface area (Å²) in [5, 5.41) is 10.9. The summed E-state index contributed by atoms with van der Waals surface area (Å²) in [7, 11) is 1.39. The van der Waals surface area contributed by atoms with Gasteiger partial charge in [-0.1, -0.05) is 0 Å². The van der Waals surface area contributed by atoms with E-state index in [1.54, 1.807) is 0 Å². The lowest BCUT2D eigenvalue weighted by Gasteiger charge is -2.16. The van der Waals surface area contributed by atoms with Gasteiger partial charge in [0, 0.05) is 13.7 Å². The summed E-state index contributed by atoms with van der Waals surface area (Å²) in [6.45, 7) is 0.136. The van der Waals surface area contributed by atoms with E-state index in [9.17, 15) is 14.4 Å². The number of nitrogens with two attached hydrogens (primary N) is 2. The van der Waals surface area contributed by atoms with Crippen LogP contribution in [0.2, 0.25) is 0 Å². The Morgan fingerprint density at radius 3 is 2.29 bits per heavy atom. The maximum absolute atomic E-state index is 11.4. The standard InChI is InChI=1S/C9H17N3O5/c1-17-5(4-10)2-8(14)12-6(9(15)16)3-7(11)13/h5-6H,2-4,10H2,1H3,(H2,11,13)(H,12,14)(H,15,16). The Balaban J connectivity index is 4.30. The molecule has 6 N–H and O–H groups in total. The highest BCUT2D eigenvalue weighted by atomic mass is 16.5. The summed E-state index contributed by atoms with van der Waals surface area (Å²) >= 11 is 0. The van der Waals surface area contributed by atoms with E-state index in [1.807, 2.05) is 0 Å². The number of carbonyl (C=O) groups excluding carboxylic acids is 2. The number of amides is 2. The zero-order chi connectivity index (χ0) is 13.4. The van der Waals surface area contributed by atoms with Crippen molar-refractivity contribution < 1.29 is 24.2 Å². The summed E-state index contributed by atoms with van der Waals surface area (Å²) < 4.78 is 4.87. The zero-order valence-electron chi connectivity index (χ0n) is 9.51. The highest BCUT2D eigenvalue weighted by Crippen LogP contribution is 1.98. The van der Waals surface area contributed by atoms with Gasteiger partial charge in [0.15, 0.2) is 0 Å². The quantitative estimate of drug-likeness (QED) is 0.383. The Hall–Kier alpha value is -1.67. The van der Waals surface area contributed by atoms with Gasteiger partial charge in [-0.15, -0.1) is 0 Å². The first-order valence-corrected chi connectivity index (χ1v) is 4.94. The number of carbonyl (C=O) groups is 3. The number of methoxy groups -OCH3 is 1. The first-order valence-electron chi connectivity index (χ1n) is 4.94. The minimum absolute atomic E-state index is 0.0739. The summed E-state index contributed by atoms with van der Waals surface area (Å²) in [6.07, 6.45) is -1.02. The molecule has 17 heavy (non-hydrogen) atoms. The lowest BCUT2D eigenvalue weighted by atomic mass is 10.1. The van der Waals surface area contributed by atoms with Crippen molar-refractivity contribution in [2.45, 2.75) is 25.0 Å². The molecule has 8 nitrogen and oxygen atoms in total. The summed E-state index contributed by atoms with van der Waals surface area (Å²) in [6, 6.07) is -1.32. The molecule has 2 amide bonds. The monoisotopic (exact) mass is 247 g/mol. The third kappa shape index (κ3) is 6.48. The van der Waals surface area contributed by atoms with Crippen molar-refractivity contribution in [1.82, 2.24) is 5.32 Å². The smallest absolute Gasteiger partial charge is 0.326 e. The second-order valence-corrected chi connectivity index (χ2v) is 3.43. The van der Waals surface area contributed by atoms with Crippen LogP contribution in [-0.4, -0.2) is 48.7 Å². The van der Waals surface area contributed by atoms with Crippen LogP contribution in [0.5, 0.6) is 0 Å². The van der Waals surface area contributed by atoms with Gasteiger partial charge in [-0.05, 0) is 0 Å². The van der Waals surface area contributed by atoms with Gasteiger partial charge in [-0.3, -0.25) is 9.59 Å². The Kier molecular flexibility index (Phi) is 6.83. The number of ether oxygens (including phenoxy) is 1. The van der Waals surface area contributed by atoms with E-state index in [4.69, 9.17) is 21.3 Å². The Bertz CT molecular complexity index is 290. The molecular formula is C9H17N3O5. The van der Waals surface area contributed by atoms with Crippen molar-refractivity contribution in [2.24, 2.45) is 11.5 Å². The molecule has 0 spiro atoms. The first kappa shape index (κ1) is 15.3. The van der Waals surface area contributed by atoms with Gasteiger partial charge in [0.1, 0.15) is 6.04 Å². The molecule has 0 aliphatic carbocycles. The molecule has 0 aromatic heterocycles. The first-order chi connectivity index (χ1) is 7.90. The lowest BCUT2D eigenvalue weighted by Crippen LogP contribution is -2.44. The van der Waals surface area contributed by atoms with E-state index in [0.717, 1.165) is 0 Å². The molecule has 0 aromatic carbocycles. The molecule has 0 radical (unpaired) electrons. The van der Waals surface area contributed by atoms with Crippen LogP contribution in [0.4, 0.5) is 0 Å². The van der Waals surface area contributed by atoms with E-state index in [1.165, 1.54) is 7.11 Å². The highest BCUT2D eigenvalue weighted by molar-refractivity contribution is 5.88. The van der Waals surface area contributed by atoms with Gasteiger partial charge in [-0.2, -0.15) is 0 Å². The van der Waals surface area contributed by atoms with Crippen molar-refractivity contribution in [2.75, 3.05) is 13.7 Å². The molecule has 0 aliphatic rings. The van der Waals surface area contributed by atoms with Gasteiger partial charge >= 0.3 is 5.97 Å². The van der Waals surface area contributed by atoms with Crippen molar-refractivity contribution in [1.29, 1.82) is 0 Å². The fourth-order valence-electron chi connectivity index (χ4n) is 1.12. The van der Waals surface area contributed by atoms with Gasteiger partial charge in [0.2, 0.25) is 11.8 Å². The SMILES string of the molecule is COC(CN)CC(=O)NC(CC(N)=O)C(=O)O. The van der Waals surface area contributed by atoms with Crippen molar-refractivity contribution in [3.63, 3.8) is 0 Å². The van der Waals surface area contributed by atoms with Crippen LogP contribution in [0.25, 0.3) is 0 Å². The molecule has 0 saturated heterocycles. The van der Waals surface area contributed by atoms with Gasteiger partial charge in [0.05, 0.1) is 18.9 Å². The Morgan fingerprint density at radius 1 is 1.35 bits per heavy atom. The van der Waals surface area contributed by atoms with E-state index in [0.29, 0.717) is 0 Å². The molecule has 8 heteroatoms. The molecule has 0 aliphatic heterocycles. The van der Waals surface area contributed by atoms with Crippen LogP contribution in [0.15, 0.2) is 0 Å². The number of primary amides is 1. The Morgan fingerprint density at radius 2 is 1.94 bits per heavy atom. The fourth-order valence-corrected chi connectivity index (χ4v) is 1.12. The zero-order valence-corrected chi connectivity index (χ0v) is 9.51. The number of rotatable bonds is 8. The minimum Gasteiger partial charge on any atom is -0.480 e. The van der Waals surface area contributed by atoms with E-state index < -0.39 is 36.4 Å². The molecular weight excluding hydrogens is 230 g/mol. The molecule has 0 aromatic rings. The van der Waals surface area contributed by atoms with E-state index in [-0.39, 0.29) is 13.0 Å². The number of carboxylic acid groups (broad SMARTS) is 1. The number of carboxylic acids is 1. The van der Waals surface area contributed by atoms with Crippen molar-refractivity contribution >= 4 is 17.8 Å². The number of aliphatic carboxylic acids is 1. The number of hydrogen-bond donors (Lipinski definition) is 4. The van der Waals surface area contributed by atoms with Crippen LogP contribution in [0.3, 0.4) is 0 Å². The predicted octanol–water partition coefficient (Wildman–Crippen LogP) is -2.20. The molecule has 0 bridgehead atoms. The molecule has 2 atom stereocenters. The normalized spacial score (nSPS) is 13.8. The van der Waals surface area contributed by atoms with Crippen LogP contribution >= 0.6 is 0 Å². The average molecular weight is 247 g/mol.